The summed E-state index contributed by atoms with van der Waals surface area (Å²) >= 11 is 0. The van der Waals surface area contributed by atoms with Gasteiger partial charge < -0.3 is 15.6 Å². The number of carbonyl (C=O) groups excluding carboxylic acids is 1. The van der Waals surface area contributed by atoms with Crippen molar-refractivity contribution in [1.29, 1.82) is 0 Å². The average molecular weight is 289 g/mol. The largest absolute Gasteiger partial charge is 0.352 e. The van der Waals surface area contributed by atoms with Gasteiger partial charge in [-0.15, -0.1) is 6.58 Å². The second kappa shape index (κ2) is 10.7. The fraction of sp³-hybridized carbons (Fsp3) is 0.353. The zero-order chi connectivity index (χ0) is 16.3. The van der Waals surface area contributed by atoms with Crippen LogP contribution < -0.4 is 11.1 Å². The summed E-state index contributed by atoms with van der Waals surface area (Å²) in [7, 11) is 2.08. The fourth-order valence-corrected chi connectivity index (χ4v) is 1.80. The van der Waals surface area contributed by atoms with Crippen LogP contribution in [-0.2, 0) is 11.8 Å². The van der Waals surface area contributed by atoms with Gasteiger partial charge in [0.05, 0.1) is 6.54 Å². The van der Waals surface area contributed by atoms with Crippen molar-refractivity contribution in [2.75, 3.05) is 13.1 Å². The summed E-state index contributed by atoms with van der Waals surface area (Å²) < 4.78 is 2.16. The highest BCUT2D eigenvalue weighted by Gasteiger charge is 1.99. The Morgan fingerprint density at radius 1 is 1.38 bits per heavy atom. The van der Waals surface area contributed by atoms with Crippen LogP contribution in [0.5, 0.6) is 0 Å². The van der Waals surface area contributed by atoms with Crippen LogP contribution in [0.25, 0.3) is 10.9 Å². The molecular formula is C17H27N3O. The van der Waals surface area contributed by atoms with Gasteiger partial charge in [-0.05, 0) is 18.6 Å². The number of nitrogens with two attached hydrogens (primary N) is 1. The number of amides is 1. The molecule has 0 aliphatic rings. The quantitative estimate of drug-likeness (QED) is 0.854. The molecule has 1 amide bonds. The van der Waals surface area contributed by atoms with E-state index in [1.807, 2.05) is 13.8 Å². The van der Waals surface area contributed by atoms with Crippen molar-refractivity contribution < 1.29 is 4.79 Å². The lowest BCUT2D eigenvalue weighted by molar-refractivity contribution is -0.119. The summed E-state index contributed by atoms with van der Waals surface area (Å²) in [6.07, 6.45) is 3.76. The number of hydrogen-bond donors (Lipinski definition) is 2. The molecule has 0 fully saturated rings. The molecule has 1 aromatic carbocycles. The molecule has 1 aromatic heterocycles. The van der Waals surface area contributed by atoms with Gasteiger partial charge >= 0.3 is 0 Å². The Morgan fingerprint density at radius 2 is 2.00 bits per heavy atom. The van der Waals surface area contributed by atoms with E-state index in [4.69, 9.17) is 5.73 Å². The molecule has 0 saturated carbocycles. The molecule has 0 bridgehead atoms. The second-order valence-corrected chi connectivity index (χ2v) is 4.24. The van der Waals surface area contributed by atoms with Crippen LogP contribution in [0.4, 0.5) is 0 Å². The van der Waals surface area contributed by atoms with Crippen LogP contribution in [0.2, 0.25) is 0 Å². The highest BCUT2D eigenvalue weighted by Crippen LogP contribution is 2.18. The van der Waals surface area contributed by atoms with Crippen LogP contribution >= 0.6 is 0 Å². The predicted octanol–water partition coefficient (Wildman–Crippen LogP) is 2.76. The van der Waals surface area contributed by atoms with E-state index in [0.717, 1.165) is 0 Å². The van der Waals surface area contributed by atoms with Crippen LogP contribution in [0.1, 0.15) is 19.4 Å². The molecule has 2 aromatic rings. The number of carbonyl (C=O) groups is 1. The molecule has 0 radical (unpaired) electrons. The molecule has 2 rings (SSSR count). The van der Waals surface area contributed by atoms with Crippen molar-refractivity contribution in [1.82, 2.24) is 9.88 Å². The smallest absolute Gasteiger partial charge is 0.233 e. The lowest BCUT2D eigenvalue weighted by Gasteiger charge is -1.94. The van der Waals surface area contributed by atoms with Crippen LogP contribution in [-0.4, -0.2) is 23.6 Å². The molecule has 0 aliphatic heterocycles. The van der Waals surface area contributed by atoms with Crippen molar-refractivity contribution in [2.24, 2.45) is 12.8 Å². The first kappa shape index (κ1) is 18.9. The van der Waals surface area contributed by atoms with Gasteiger partial charge in [0.15, 0.2) is 0 Å². The number of hydrogen-bond acceptors (Lipinski definition) is 2. The van der Waals surface area contributed by atoms with Crippen LogP contribution in [0, 0.1) is 6.92 Å². The second-order valence-electron chi connectivity index (χ2n) is 4.24. The summed E-state index contributed by atoms with van der Waals surface area (Å²) in [5.41, 5.74) is 7.63. The van der Waals surface area contributed by atoms with Gasteiger partial charge in [-0.25, -0.2) is 0 Å². The summed E-state index contributed by atoms with van der Waals surface area (Å²) in [6.45, 7) is 10.1. The number of rotatable bonds is 3. The van der Waals surface area contributed by atoms with Gasteiger partial charge in [0.25, 0.3) is 0 Å². The van der Waals surface area contributed by atoms with Gasteiger partial charge in [0, 0.05) is 30.7 Å². The van der Waals surface area contributed by atoms with Gasteiger partial charge in [0.2, 0.25) is 5.91 Å². The third kappa shape index (κ3) is 6.27. The molecule has 0 saturated heterocycles. The first-order valence-corrected chi connectivity index (χ1v) is 7.18. The minimum Gasteiger partial charge on any atom is -0.352 e. The predicted molar refractivity (Wildman–Crippen MR) is 91.3 cm³/mol. The summed E-state index contributed by atoms with van der Waals surface area (Å²) in [5.74, 6) is -0.148. The van der Waals surface area contributed by atoms with E-state index < -0.39 is 0 Å². The van der Waals surface area contributed by atoms with Crippen molar-refractivity contribution >= 4 is 16.8 Å². The Bertz CT molecular complexity index is 522. The Labute approximate surface area is 127 Å². The zero-order valence-corrected chi connectivity index (χ0v) is 13.5. The number of fused-ring (bicyclic) bond motifs is 1. The highest BCUT2D eigenvalue weighted by molar-refractivity contribution is 5.83. The minimum absolute atomic E-state index is 0.0494. The SMILES string of the molecule is C=CCNC(=O)CN.CC.Cc1cn(C)c2ccccc12. The van der Waals surface area contributed by atoms with Crippen molar-refractivity contribution in [3.05, 3.63) is 48.7 Å². The average Bonchev–Trinajstić information content (AvgIpc) is 2.83. The normalized spacial score (nSPS) is 9.00. The van der Waals surface area contributed by atoms with E-state index in [2.05, 4.69) is 60.9 Å². The third-order valence-corrected chi connectivity index (χ3v) is 2.73. The Kier molecular flexibility index (Phi) is 9.63. The summed E-state index contributed by atoms with van der Waals surface area (Å²) in [4.78, 5) is 10.3. The van der Waals surface area contributed by atoms with E-state index in [0.29, 0.717) is 6.54 Å². The zero-order valence-electron chi connectivity index (χ0n) is 13.5. The molecule has 0 atom stereocenters. The molecule has 4 nitrogen and oxygen atoms in total. The number of nitrogens with one attached hydrogen (secondary N) is 1. The number of nitrogens with zero attached hydrogens (tertiary/aromatic N) is 1. The van der Waals surface area contributed by atoms with Gasteiger partial charge in [0.1, 0.15) is 0 Å². The molecule has 3 N–H and O–H groups in total. The molecule has 0 aliphatic carbocycles. The summed E-state index contributed by atoms with van der Waals surface area (Å²) in [6, 6.07) is 8.45. The van der Waals surface area contributed by atoms with Crippen molar-refractivity contribution in [3.8, 4) is 0 Å². The third-order valence-electron chi connectivity index (χ3n) is 2.73. The summed E-state index contributed by atoms with van der Waals surface area (Å²) in [5, 5.41) is 3.86. The Balaban J connectivity index is 0.000000358. The van der Waals surface area contributed by atoms with Crippen LogP contribution in [0.3, 0.4) is 0 Å². The lowest BCUT2D eigenvalue weighted by atomic mass is 10.2. The minimum atomic E-state index is -0.148. The van der Waals surface area contributed by atoms with Gasteiger partial charge in [-0.1, -0.05) is 38.1 Å². The Hall–Kier alpha value is -2.07. The van der Waals surface area contributed by atoms with Crippen molar-refractivity contribution in [3.63, 3.8) is 0 Å². The number of para-hydroxylation sites is 1. The topological polar surface area (TPSA) is 60.1 Å². The Morgan fingerprint density at radius 3 is 2.52 bits per heavy atom. The highest BCUT2D eigenvalue weighted by atomic mass is 16.1. The van der Waals surface area contributed by atoms with E-state index in [1.165, 1.54) is 16.5 Å². The molecule has 21 heavy (non-hydrogen) atoms. The number of aryl methyl sites for hydroxylation is 2. The maximum absolute atomic E-state index is 10.3. The van der Waals surface area contributed by atoms with E-state index in [9.17, 15) is 4.79 Å². The first-order valence-electron chi connectivity index (χ1n) is 7.18. The van der Waals surface area contributed by atoms with Gasteiger partial charge in [-0.2, -0.15) is 0 Å². The molecule has 1 heterocycles. The lowest BCUT2D eigenvalue weighted by Crippen LogP contribution is -2.30. The molecule has 4 heteroatoms. The van der Waals surface area contributed by atoms with E-state index >= 15 is 0 Å². The molecular weight excluding hydrogens is 262 g/mol. The van der Waals surface area contributed by atoms with Gasteiger partial charge in [-0.3, -0.25) is 4.79 Å². The first-order chi connectivity index (χ1) is 10.1. The standard InChI is InChI=1S/C10H11N.C5H10N2O.C2H6/c1-8-7-11(2)10-6-4-3-5-9(8)10;1-2-3-7-5(8)4-6;1-2/h3-7H,1-2H3;2H,1,3-4,6H2,(H,7,8);1-2H3. The molecule has 0 unspecified atom stereocenters. The molecule has 0 spiro atoms. The maximum atomic E-state index is 10.3. The van der Waals surface area contributed by atoms with Crippen molar-refractivity contribution in [2.45, 2.75) is 20.8 Å². The maximum Gasteiger partial charge on any atom is 0.233 e. The van der Waals surface area contributed by atoms with Crippen LogP contribution in [0.15, 0.2) is 43.1 Å². The fourth-order valence-electron chi connectivity index (χ4n) is 1.80. The van der Waals surface area contributed by atoms with E-state index in [-0.39, 0.29) is 12.5 Å². The number of aromatic nitrogens is 1. The molecule has 116 valence electrons. The number of benzene rings is 1. The van der Waals surface area contributed by atoms with E-state index in [1.54, 1.807) is 6.08 Å². The monoisotopic (exact) mass is 289 g/mol.